The van der Waals surface area contributed by atoms with Gasteiger partial charge in [-0.2, -0.15) is 0 Å². The van der Waals surface area contributed by atoms with Crippen molar-refractivity contribution in [1.29, 1.82) is 0 Å². The lowest BCUT2D eigenvalue weighted by Gasteiger charge is -2.25. The van der Waals surface area contributed by atoms with E-state index in [1.54, 1.807) is 0 Å². The Bertz CT molecular complexity index is 392. The number of rotatable bonds is 6. The van der Waals surface area contributed by atoms with Crippen molar-refractivity contribution in [3.05, 3.63) is 23.8 Å². The molecule has 0 aliphatic heterocycles. The third-order valence-electron chi connectivity index (χ3n) is 4.54. The van der Waals surface area contributed by atoms with Crippen molar-refractivity contribution >= 4 is 5.91 Å². The molecule has 1 saturated carbocycles. The molecule has 2 unspecified atom stereocenters. The second-order valence-corrected chi connectivity index (χ2v) is 6.56. The maximum atomic E-state index is 12.2. The van der Waals surface area contributed by atoms with Gasteiger partial charge in [-0.15, -0.1) is 0 Å². The largest absolute Gasteiger partial charge is 0.339 e. The molecule has 0 saturated heterocycles. The molecule has 0 spiro atoms. The minimum atomic E-state index is 0.342. The molecule has 0 aromatic carbocycles. The van der Waals surface area contributed by atoms with E-state index in [-0.39, 0.29) is 0 Å². The van der Waals surface area contributed by atoms with Gasteiger partial charge in [0.05, 0.1) is 0 Å². The van der Waals surface area contributed by atoms with E-state index in [4.69, 9.17) is 0 Å². The van der Waals surface area contributed by atoms with Crippen molar-refractivity contribution in [2.75, 3.05) is 13.1 Å². The summed E-state index contributed by atoms with van der Waals surface area (Å²) in [6, 6.07) is 0. The molecule has 20 heavy (non-hydrogen) atoms. The van der Waals surface area contributed by atoms with Crippen LogP contribution in [0.5, 0.6) is 0 Å². The molecule has 2 rings (SSSR count). The Morgan fingerprint density at radius 1 is 1.40 bits per heavy atom. The van der Waals surface area contributed by atoms with Crippen LogP contribution in [-0.2, 0) is 4.79 Å². The summed E-state index contributed by atoms with van der Waals surface area (Å²) in [4.78, 5) is 14.2. The first kappa shape index (κ1) is 15.3. The Kier molecular flexibility index (Phi) is 5.45. The highest BCUT2D eigenvalue weighted by Gasteiger charge is 2.32. The summed E-state index contributed by atoms with van der Waals surface area (Å²) in [6.45, 7) is 8.38. The number of nitrogens with zero attached hydrogens (tertiary/aromatic N) is 1. The van der Waals surface area contributed by atoms with Crippen LogP contribution in [0.3, 0.4) is 0 Å². The van der Waals surface area contributed by atoms with E-state index in [0.717, 1.165) is 32.4 Å². The van der Waals surface area contributed by atoms with E-state index in [0.29, 0.717) is 23.7 Å². The van der Waals surface area contributed by atoms with Crippen molar-refractivity contribution in [3.8, 4) is 0 Å². The Morgan fingerprint density at radius 2 is 2.15 bits per heavy atom. The minimum Gasteiger partial charge on any atom is -0.339 e. The molecular formula is C18H29NO. The lowest BCUT2D eigenvalue weighted by atomic mass is 9.82. The highest BCUT2D eigenvalue weighted by Crippen LogP contribution is 2.31. The molecule has 2 atom stereocenters. The van der Waals surface area contributed by atoms with Crippen LogP contribution in [0.2, 0.25) is 0 Å². The molecule has 2 aliphatic carbocycles. The number of amides is 1. The smallest absolute Gasteiger partial charge is 0.225 e. The summed E-state index contributed by atoms with van der Waals surface area (Å²) in [5.41, 5.74) is 1.53. The standard InChI is InChI=1S/C18H29NO/c1-4-11-19(18(20)17-9-10-17)12-5-6-16-8-7-14(2)13-15(16)3/h5-6,13,15-17H,4,7-12H2,1-3H3/b6-5+. The zero-order valence-electron chi connectivity index (χ0n) is 13.3. The third kappa shape index (κ3) is 4.22. The summed E-state index contributed by atoms with van der Waals surface area (Å²) in [7, 11) is 0. The summed E-state index contributed by atoms with van der Waals surface area (Å²) >= 11 is 0. The van der Waals surface area contributed by atoms with Gasteiger partial charge in [-0.25, -0.2) is 0 Å². The fourth-order valence-electron chi connectivity index (χ4n) is 3.10. The number of hydrogen-bond donors (Lipinski definition) is 0. The summed E-state index contributed by atoms with van der Waals surface area (Å²) in [6.07, 6.45) is 12.7. The van der Waals surface area contributed by atoms with Crippen molar-refractivity contribution < 1.29 is 4.79 Å². The van der Waals surface area contributed by atoms with Crippen LogP contribution in [-0.4, -0.2) is 23.9 Å². The molecule has 2 aliphatic rings. The van der Waals surface area contributed by atoms with Gasteiger partial charge in [0.1, 0.15) is 0 Å². The topological polar surface area (TPSA) is 20.3 Å². The van der Waals surface area contributed by atoms with Gasteiger partial charge in [0.25, 0.3) is 0 Å². The first-order chi connectivity index (χ1) is 9.61. The van der Waals surface area contributed by atoms with Crippen LogP contribution in [0, 0.1) is 17.8 Å². The van der Waals surface area contributed by atoms with Gasteiger partial charge in [0, 0.05) is 19.0 Å². The van der Waals surface area contributed by atoms with Gasteiger partial charge in [0.15, 0.2) is 0 Å². The molecular weight excluding hydrogens is 246 g/mol. The maximum absolute atomic E-state index is 12.2. The van der Waals surface area contributed by atoms with Gasteiger partial charge in [-0.3, -0.25) is 4.79 Å². The predicted molar refractivity (Wildman–Crippen MR) is 84.4 cm³/mol. The quantitative estimate of drug-likeness (QED) is 0.666. The number of allylic oxidation sites excluding steroid dienone is 3. The molecule has 112 valence electrons. The molecule has 0 radical (unpaired) electrons. The molecule has 0 heterocycles. The van der Waals surface area contributed by atoms with Gasteiger partial charge < -0.3 is 4.90 Å². The van der Waals surface area contributed by atoms with E-state index in [1.165, 1.54) is 18.4 Å². The zero-order chi connectivity index (χ0) is 14.5. The molecule has 1 fully saturated rings. The van der Waals surface area contributed by atoms with Crippen LogP contribution in [0.25, 0.3) is 0 Å². The van der Waals surface area contributed by atoms with Crippen LogP contribution in [0.4, 0.5) is 0 Å². The third-order valence-corrected chi connectivity index (χ3v) is 4.54. The summed E-state index contributed by atoms with van der Waals surface area (Å²) in [5, 5.41) is 0. The lowest BCUT2D eigenvalue weighted by Crippen LogP contribution is -2.33. The van der Waals surface area contributed by atoms with E-state index >= 15 is 0 Å². The predicted octanol–water partition coefficient (Wildman–Crippen LogP) is 4.18. The molecule has 0 aromatic heterocycles. The van der Waals surface area contributed by atoms with Gasteiger partial charge in [-0.05, 0) is 50.9 Å². The monoisotopic (exact) mass is 275 g/mol. The van der Waals surface area contributed by atoms with Crippen molar-refractivity contribution in [1.82, 2.24) is 4.90 Å². The van der Waals surface area contributed by atoms with Crippen LogP contribution in [0.15, 0.2) is 23.8 Å². The molecule has 1 amide bonds. The second kappa shape index (κ2) is 7.10. The van der Waals surface area contributed by atoms with Crippen LogP contribution in [0.1, 0.15) is 52.9 Å². The van der Waals surface area contributed by atoms with Crippen LogP contribution >= 0.6 is 0 Å². The molecule has 0 aromatic rings. The Labute approximate surface area is 123 Å². The Hall–Kier alpha value is -1.05. The SMILES string of the molecule is CCCN(C/C=C/C1CCC(C)=CC1C)C(=O)C1CC1. The molecule has 2 heteroatoms. The van der Waals surface area contributed by atoms with Gasteiger partial charge >= 0.3 is 0 Å². The Morgan fingerprint density at radius 3 is 2.75 bits per heavy atom. The molecule has 2 nitrogen and oxygen atoms in total. The second-order valence-electron chi connectivity index (χ2n) is 6.56. The van der Waals surface area contributed by atoms with Crippen LogP contribution < -0.4 is 0 Å². The van der Waals surface area contributed by atoms with Crippen molar-refractivity contribution in [2.24, 2.45) is 17.8 Å². The lowest BCUT2D eigenvalue weighted by molar-refractivity contribution is -0.132. The first-order valence-electron chi connectivity index (χ1n) is 8.24. The van der Waals surface area contributed by atoms with Gasteiger partial charge in [-0.1, -0.05) is 37.6 Å². The summed E-state index contributed by atoms with van der Waals surface area (Å²) < 4.78 is 0. The maximum Gasteiger partial charge on any atom is 0.225 e. The van der Waals surface area contributed by atoms with E-state index < -0.39 is 0 Å². The van der Waals surface area contributed by atoms with Gasteiger partial charge in [0.2, 0.25) is 5.91 Å². The zero-order valence-corrected chi connectivity index (χ0v) is 13.3. The normalized spacial score (nSPS) is 26.6. The highest BCUT2D eigenvalue weighted by atomic mass is 16.2. The van der Waals surface area contributed by atoms with E-state index in [2.05, 4.69) is 39.0 Å². The van der Waals surface area contributed by atoms with Crippen molar-refractivity contribution in [3.63, 3.8) is 0 Å². The van der Waals surface area contributed by atoms with E-state index in [9.17, 15) is 4.79 Å². The highest BCUT2D eigenvalue weighted by molar-refractivity contribution is 5.81. The number of carbonyl (C=O) groups excluding carboxylic acids is 1. The Balaban J connectivity index is 1.85. The number of hydrogen-bond acceptors (Lipinski definition) is 1. The fourth-order valence-corrected chi connectivity index (χ4v) is 3.10. The number of carbonyl (C=O) groups is 1. The molecule has 0 bridgehead atoms. The minimum absolute atomic E-state index is 0.342. The average molecular weight is 275 g/mol. The first-order valence-corrected chi connectivity index (χ1v) is 8.24. The average Bonchev–Trinajstić information content (AvgIpc) is 3.23. The summed E-state index contributed by atoms with van der Waals surface area (Å²) in [5.74, 6) is 2.01. The fraction of sp³-hybridized carbons (Fsp3) is 0.722. The van der Waals surface area contributed by atoms with E-state index in [1.807, 2.05) is 4.90 Å². The molecule has 0 N–H and O–H groups in total. The van der Waals surface area contributed by atoms with Crippen molar-refractivity contribution in [2.45, 2.75) is 52.9 Å².